The van der Waals surface area contributed by atoms with E-state index in [1.165, 1.54) is 12.1 Å². The number of rotatable bonds is 10. The Hall–Kier alpha value is -3.47. The lowest BCUT2D eigenvalue weighted by Crippen LogP contribution is -2.37. The Morgan fingerprint density at radius 3 is 2.54 bits per heavy atom. The molecule has 3 aromatic rings. The van der Waals surface area contributed by atoms with E-state index in [0.717, 1.165) is 24.8 Å². The van der Waals surface area contributed by atoms with E-state index >= 15 is 0 Å². The van der Waals surface area contributed by atoms with E-state index in [4.69, 9.17) is 9.47 Å². The first-order chi connectivity index (χ1) is 17.8. The quantitative estimate of drug-likeness (QED) is 0.371. The van der Waals surface area contributed by atoms with E-state index in [2.05, 4.69) is 15.0 Å². The maximum absolute atomic E-state index is 13.2. The van der Waals surface area contributed by atoms with Gasteiger partial charge in [0.1, 0.15) is 5.82 Å². The van der Waals surface area contributed by atoms with Crippen LogP contribution in [0.2, 0.25) is 0 Å². The van der Waals surface area contributed by atoms with Crippen molar-refractivity contribution in [3.05, 3.63) is 66.2 Å². The summed E-state index contributed by atoms with van der Waals surface area (Å²) in [6.45, 7) is 1.85. The molecule has 0 radical (unpaired) electrons. The van der Waals surface area contributed by atoms with Crippen molar-refractivity contribution in [1.82, 2.24) is 9.71 Å². The van der Waals surface area contributed by atoms with Crippen LogP contribution in [-0.4, -0.2) is 43.9 Å². The number of hydrogen-bond acceptors (Lipinski definition) is 7. The molecule has 0 bridgehead atoms. The predicted molar refractivity (Wildman–Crippen MR) is 138 cm³/mol. The van der Waals surface area contributed by atoms with Crippen molar-refractivity contribution < 1.29 is 27.8 Å². The van der Waals surface area contributed by atoms with Crippen LogP contribution in [0.5, 0.6) is 11.5 Å². The molecular weight excluding hydrogens is 494 g/mol. The van der Waals surface area contributed by atoms with Crippen molar-refractivity contribution in [2.75, 3.05) is 18.7 Å². The van der Waals surface area contributed by atoms with Gasteiger partial charge >= 0.3 is 0 Å². The lowest BCUT2D eigenvalue weighted by molar-refractivity contribution is -0.118. The second kappa shape index (κ2) is 10.1. The SMILES string of the molecule is CCC[C@H](CO)NS(=O)(=O)c1ccc(-c2cccc(NC(=O)C3(c4ccc5c(c4)OCO5)CC3)n2)cc1. The number of anilines is 1. The summed E-state index contributed by atoms with van der Waals surface area (Å²) in [6, 6.07) is 16.7. The topological polar surface area (TPSA) is 127 Å². The summed E-state index contributed by atoms with van der Waals surface area (Å²) >= 11 is 0. The highest BCUT2D eigenvalue weighted by molar-refractivity contribution is 7.89. The molecule has 1 atom stereocenters. The maximum atomic E-state index is 13.2. The molecular formula is C27H29N3O6S. The van der Waals surface area contributed by atoms with Gasteiger partial charge in [-0.2, -0.15) is 0 Å². The van der Waals surface area contributed by atoms with Gasteiger partial charge in [0.05, 0.1) is 22.6 Å². The van der Waals surface area contributed by atoms with Gasteiger partial charge in [0.25, 0.3) is 0 Å². The number of sulfonamides is 1. The molecule has 10 heteroatoms. The number of aromatic nitrogens is 1. The summed E-state index contributed by atoms with van der Waals surface area (Å²) in [5, 5.41) is 12.4. The first-order valence-corrected chi connectivity index (χ1v) is 13.8. The van der Waals surface area contributed by atoms with Gasteiger partial charge in [-0.3, -0.25) is 4.79 Å². The summed E-state index contributed by atoms with van der Waals surface area (Å²) in [6.07, 6.45) is 2.77. The number of nitrogens with zero attached hydrogens (tertiary/aromatic N) is 1. The molecule has 2 aromatic carbocycles. The smallest absolute Gasteiger partial charge is 0.240 e. The normalized spacial score (nSPS) is 16.3. The van der Waals surface area contributed by atoms with Gasteiger partial charge in [-0.25, -0.2) is 18.1 Å². The first kappa shape index (κ1) is 25.2. The van der Waals surface area contributed by atoms with Crippen molar-refractivity contribution >= 4 is 21.7 Å². The first-order valence-electron chi connectivity index (χ1n) is 12.3. The molecule has 1 aromatic heterocycles. The highest BCUT2D eigenvalue weighted by Gasteiger charge is 2.51. The Labute approximate surface area is 215 Å². The molecule has 0 unspecified atom stereocenters. The highest BCUT2D eigenvalue weighted by Crippen LogP contribution is 2.51. The third-order valence-electron chi connectivity index (χ3n) is 6.74. The highest BCUT2D eigenvalue weighted by atomic mass is 32.2. The van der Waals surface area contributed by atoms with Gasteiger partial charge in [0, 0.05) is 11.6 Å². The van der Waals surface area contributed by atoms with E-state index in [1.54, 1.807) is 30.3 Å². The molecule has 9 nitrogen and oxygen atoms in total. The second-order valence-electron chi connectivity index (χ2n) is 9.33. The van der Waals surface area contributed by atoms with Crippen molar-refractivity contribution in [3.8, 4) is 22.8 Å². The van der Waals surface area contributed by atoms with Crippen LogP contribution in [0.15, 0.2) is 65.6 Å². The largest absolute Gasteiger partial charge is 0.454 e. The molecule has 2 aliphatic rings. The second-order valence-corrected chi connectivity index (χ2v) is 11.0. The predicted octanol–water partition coefficient (Wildman–Crippen LogP) is 3.59. The van der Waals surface area contributed by atoms with Crippen molar-refractivity contribution in [2.24, 2.45) is 0 Å². The lowest BCUT2D eigenvalue weighted by Gasteiger charge is -2.16. The van der Waals surface area contributed by atoms with Gasteiger partial charge in [-0.15, -0.1) is 0 Å². The van der Waals surface area contributed by atoms with E-state index < -0.39 is 21.5 Å². The van der Waals surface area contributed by atoms with Crippen LogP contribution in [0.25, 0.3) is 11.3 Å². The molecule has 1 fully saturated rings. The Bertz CT molecular complexity index is 1400. The van der Waals surface area contributed by atoms with Gasteiger partial charge in [0.15, 0.2) is 11.5 Å². The molecule has 1 aliphatic carbocycles. The standard InChI is InChI=1S/C27H29N3O6S/c1-2-4-20(16-31)30-37(33,34)21-10-7-18(8-11-21)22-5-3-6-25(28-22)29-26(32)27(13-14-27)19-9-12-23-24(15-19)36-17-35-23/h3,5-12,15,20,30-31H,2,4,13-14,16-17H2,1H3,(H,28,29,32)/t20-/m1/s1. The van der Waals surface area contributed by atoms with E-state index in [1.807, 2.05) is 25.1 Å². The van der Waals surface area contributed by atoms with Gasteiger partial charge in [-0.05, 0) is 61.2 Å². The minimum atomic E-state index is -3.76. The van der Waals surface area contributed by atoms with E-state index in [-0.39, 0.29) is 24.2 Å². The third kappa shape index (κ3) is 5.18. The fourth-order valence-electron chi connectivity index (χ4n) is 4.50. The molecule has 1 aliphatic heterocycles. The van der Waals surface area contributed by atoms with Crippen LogP contribution in [0, 0.1) is 0 Å². The summed E-state index contributed by atoms with van der Waals surface area (Å²) in [7, 11) is -3.76. The number of hydrogen-bond donors (Lipinski definition) is 3. The summed E-state index contributed by atoms with van der Waals surface area (Å²) in [5.41, 5.74) is 1.57. The molecule has 2 heterocycles. The number of fused-ring (bicyclic) bond motifs is 1. The molecule has 3 N–H and O–H groups in total. The zero-order valence-electron chi connectivity index (χ0n) is 20.4. The van der Waals surface area contributed by atoms with Crippen LogP contribution < -0.4 is 19.5 Å². The monoisotopic (exact) mass is 523 g/mol. The number of amides is 1. The van der Waals surface area contributed by atoms with Crippen molar-refractivity contribution in [2.45, 2.75) is 49.0 Å². The van der Waals surface area contributed by atoms with Gasteiger partial charge < -0.3 is 19.9 Å². The molecule has 0 spiro atoms. The van der Waals surface area contributed by atoms with Crippen molar-refractivity contribution in [1.29, 1.82) is 0 Å². The van der Waals surface area contributed by atoms with Crippen LogP contribution >= 0.6 is 0 Å². The Morgan fingerprint density at radius 1 is 1.08 bits per heavy atom. The number of carbonyl (C=O) groups is 1. The third-order valence-corrected chi connectivity index (χ3v) is 8.28. The zero-order chi connectivity index (χ0) is 26.0. The number of aliphatic hydroxyl groups excluding tert-OH is 1. The molecule has 5 rings (SSSR count). The van der Waals surface area contributed by atoms with Crippen LogP contribution in [0.3, 0.4) is 0 Å². The number of nitrogens with one attached hydrogen (secondary N) is 2. The summed E-state index contributed by atoms with van der Waals surface area (Å²) in [5.74, 6) is 1.61. The average molecular weight is 524 g/mol. The molecule has 194 valence electrons. The minimum absolute atomic E-state index is 0.106. The number of aliphatic hydroxyl groups is 1. The van der Waals surface area contributed by atoms with Gasteiger partial charge in [-0.1, -0.05) is 37.6 Å². The number of carbonyl (C=O) groups excluding carboxylic acids is 1. The van der Waals surface area contributed by atoms with Crippen molar-refractivity contribution in [3.63, 3.8) is 0 Å². The maximum Gasteiger partial charge on any atom is 0.240 e. The average Bonchev–Trinajstić information content (AvgIpc) is 3.59. The van der Waals surface area contributed by atoms with E-state index in [9.17, 15) is 18.3 Å². The Morgan fingerprint density at radius 2 is 1.84 bits per heavy atom. The zero-order valence-corrected chi connectivity index (χ0v) is 21.3. The van der Waals surface area contributed by atoms with E-state index in [0.29, 0.717) is 35.0 Å². The Kier molecular flexibility index (Phi) is 6.89. The minimum Gasteiger partial charge on any atom is -0.454 e. The lowest BCUT2D eigenvalue weighted by atomic mass is 9.94. The van der Waals surface area contributed by atoms with Crippen LogP contribution in [0.4, 0.5) is 5.82 Å². The van der Waals surface area contributed by atoms with Crippen LogP contribution in [0.1, 0.15) is 38.2 Å². The fraction of sp³-hybridized carbons (Fsp3) is 0.333. The summed E-state index contributed by atoms with van der Waals surface area (Å²) < 4.78 is 38.7. The van der Waals surface area contributed by atoms with Crippen LogP contribution in [-0.2, 0) is 20.2 Å². The summed E-state index contributed by atoms with van der Waals surface area (Å²) in [4.78, 5) is 17.9. The number of pyridine rings is 1. The number of benzene rings is 2. The molecule has 1 saturated carbocycles. The van der Waals surface area contributed by atoms with Gasteiger partial charge in [0.2, 0.25) is 22.7 Å². The molecule has 37 heavy (non-hydrogen) atoms. The molecule has 0 saturated heterocycles. The Balaban J connectivity index is 1.30. The molecule has 1 amide bonds. The fourth-order valence-corrected chi connectivity index (χ4v) is 5.76. The number of ether oxygens (including phenoxy) is 2.